The molecule has 0 amide bonds. The molecule has 0 bridgehead atoms. The van der Waals surface area contributed by atoms with Crippen molar-refractivity contribution in [2.75, 3.05) is 6.61 Å². The molecular weight excluding hydrogens is 148 g/mol. The van der Waals surface area contributed by atoms with E-state index in [-0.39, 0.29) is 0 Å². The maximum absolute atomic E-state index is 8.57. The SMILES string of the molecule is CCCCC(C)CCCCCO. The molecule has 0 saturated heterocycles. The van der Waals surface area contributed by atoms with Crippen molar-refractivity contribution in [3.05, 3.63) is 0 Å². The Kier molecular flexibility index (Phi) is 9.02. The Morgan fingerprint density at radius 3 is 2.25 bits per heavy atom. The van der Waals surface area contributed by atoms with Crippen LogP contribution in [-0.4, -0.2) is 11.7 Å². The van der Waals surface area contributed by atoms with Crippen molar-refractivity contribution in [3.8, 4) is 0 Å². The van der Waals surface area contributed by atoms with Gasteiger partial charge in [-0.1, -0.05) is 52.4 Å². The Hall–Kier alpha value is -0.0400. The lowest BCUT2D eigenvalue weighted by Crippen LogP contribution is -1.94. The van der Waals surface area contributed by atoms with Gasteiger partial charge in [-0.15, -0.1) is 0 Å². The van der Waals surface area contributed by atoms with Crippen LogP contribution in [0.1, 0.15) is 58.8 Å². The summed E-state index contributed by atoms with van der Waals surface area (Å²) in [5, 5.41) is 8.57. The fourth-order valence-electron chi connectivity index (χ4n) is 1.48. The molecule has 0 fully saturated rings. The number of unbranched alkanes of at least 4 members (excludes halogenated alkanes) is 3. The fraction of sp³-hybridized carbons (Fsp3) is 1.00. The fourth-order valence-corrected chi connectivity index (χ4v) is 1.48. The van der Waals surface area contributed by atoms with Crippen molar-refractivity contribution in [2.45, 2.75) is 58.8 Å². The first-order valence-corrected chi connectivity index (χ1v) is 5.42. The van der Waals surface area contributed by atoms with Crippen LogP contribution in [0, 0.1) is 5.92 Å². The highest BCUT2D eigenvalue weighted by atomic mass is 16.2. The number of hydrogen-bond donors (Lipinski definition) is 1. The summed E-state index contributed by atoms with van der Waals surface area (Å²) >= 11 is 0. The molecule has 1 N–H and O–H groups in total. The maximum Gasteiger partial charge on any atom is 0.0431 e. The summed E-state index contributed by atoms with van der Waals surface area (Å²) in [6, 6.07) is 0. The van der Waals surface area contributed by atoms with Crippen LogP contribution in [0.2, 0.25) is 0 Å². The molecule has 0 aromatic heterocycles. The molecule has 0 aromatic rings. The zero-order chi connectivity index (χ0) is 9.23. The first-order chi connectivity index (χ1) is 5.81. The van der Waals surface area contributed by atoms with E-state index in [2.05, 4.69) is 13.8 Å². The molecule has 0 saturated carbocycles. The summed E-state index contributed by atoms with van der Waals surface area (Å²) in [6.45, 7) is 4.95. The van der Waals surface area contributed by atoms with Crippen molar-refractivity contribution in [2.24, 2.45) is 5.92 Å². The van der Waals surface area contributed by atoms with Gasteiger partial charge in [0, 0.05) is 6.61 Å². The van der Waals surface area contributed by atoms with Crippen LogP contribution < -0.4 is 0 Å². The number of rotatable bonds is 8. The number of aliphatic hydroxyl groups excluding tert-OH is 1. The first-order valence-electron chi connectivity index (χ1n) is 5.42. The minimum Gasteiger partial charge on any atom is -0.396 e. The van der Waals surface area contributed by atoms with Gasteiger partial charge in [-0.05, 0) is 12.3 Å². The lowest BCUT2D eigenvalue weighted by molar-refractivity contribution is 0.280. The lowest BCUT2D eigenvalue weighted by Gasteiger charge is -2.09. The summed E-state index contributed by atoms with van der Waals surface area (Å²) in [7, 11) is 0. The van der Waals surface area contributed by atoms with Crippen LogP contribution >= 0.6 is 0 Å². The minimum atomic E-state index is 0.364. The highest BCUT2D eigenvalue weighted by Crippen LogP contribution is 2.15. The molecule has 12 heavy (non-hydrogen) atoms. The highest BCUT2D eigenvalue weighted by Gasteiger charge is 2.00. The van der Waals surface area contributed by atoms with Crippen LogP contribution in [0.3, 0.4) is 0 Å². The molecule has 0 heterocycles. The Morgan fingerprint density at radius 2 is 1.67 bits per heavy atom. The smallest absolute Gasteiger partial charge is 0.0431 e. The monoisotopic (exact) mass is 172 g/mol. The van der Waals surface area contributed by atoms with Crippen molar-refractivity contribution >= 4 is 0 Å². The second-order valence-electron chi connectivity index (χ2n) is 3.82. The molecule has 0 spiro atoms. The molecule has 1 atom stereocenters. The average Bonchev–Trinajstić information content (AvgIpc) is 2.09. The van der Waals surface area contributed by atoms with Crippen molar-refractivity contribution in [3.63, 3.8) is 0 Å². The van der Waals surface area contributed by atoms with E-state index in [0.29, 0.717) is 6.61 Å². The average molecular weight is 172 g/mol. The molecule has 1 nitrogen and oxygen atoms in total. The largest absolute Gasteiger partial charge is 0.396 e. The number of hydrogen-bond acceptors (Lipinski definition) is 1. The van der Waals surface area contributed by atoms with E-state index in [1.165, 1.54) is 38.5 Å². The van der Waals surface area contributed by atoms with Crippen molar-refractivity contribution < 1.29 is 5.11 Å². The lowest BCUT2D eigenvalue weighted by atomic mass is 9.98. The minimum absolute atomic E-state index is 0.364. The van der Waals surface area contributed by atoms with E-state index in [1.807, 2.05) is 0 Å². The predicted octanol–water partition coefficient (Wildman–Crippen LogP) is 3.37. The third kappa shape index (κ3) is 8.06. The van der Waals surface area contributed by atoms with Gasteiger partial charge >= 0.3 is 0 Å². The van der Waals surface area contributed by atoms with Gasteiger partial charge in [-0.25, -0.2) is 0 Å². The van der Waals surface area contributed by atoms with Gasteiger partial charge in [0.15, 0.2) is 0 Å². The third-order valence-electron chi connectivity index (χ3n) is 2.41. The van der Waals surface area contributed by atoms with Gasteiger partial charge in [0.2, 0.25) is 0 Å². The van der Waals surface area contributed by atoms with Crippen LogP contribution in [0.4, 0.5) is 0 Å². The van der Waals surface area contributed by atoms with Gasteiger partial charge in [-0.3, -0.25) is 0 Å². The van der Waals surface area contributed by atoms with E-state index < -0.39 is 0 Å². The zero-order valence-corrected chi connectivity index (χ0v) is 8.68. The molecule has 74 valence electrons. The van der Waals surface area contributed by atoms with E-state index in [0.717, 1.165) is 12.3 Å². The highest BCUT2D eigenvalue weighted by molar-refractivity contribution is 4.53. The first kappa shape index (κ1) is 12.0. The molecule has 0 aliphatic rings. The van der Waals surface area contributed by atoms with Gasteiger partial charge in [-0.2, -0.15) is 0 Å². The van der Waals surface area contributed by atoms with E-state index in [9.17, 15) is 0 Å². The van der Waals surface area contributed by atoms with Crippen molar-refractivity contribution in [1.29, 1.82) is 0 Å². The molecule has 1 unspecified atom stereocenters. The molecule has 1 heteroatoms. The second kappa shape index (κ2) is 9.05. The third-order valence-corrected chi connectivity index (χ3v) is 2.41. The van der Waals surface area contributed by atoms with E-state index in [4.69, 9.17) is 5.11 Å². The van der Waals surface area contributed by atoms with Crippen LogP contribution in [0.5, 0.6) is 0 Å². The Morgan fingerprint density at radius 1 is 1.00 bits per heavy atom. The quantitative estimate of drug-likeness (QED) is 0.557. The van der Waals surface area contributed by atoms with Gasteiger partial charge in [0.25, 0.3) is 0 Å². The Balaban J connectivity index is 3.02. The Labute approximate surface area is 77.2 Å². The molecule has 0 radical (unpaired) electrons. The van der Waals surface area contributed by atoms with Gasteiger partial charge in [0.1, 0.15) is 0 Å². The van der Waals surface area contributed by atoms with Gasteiger partial charge < -0.3 is 5.11 Å². The van der Waals surface area contributed by atoms with Crippen LogP contribution in [0.25, 0.3) is 0 Å². The zero-order valence-electron chi connectivity index (χ0n) is 8.68. The summed E-state index contributed by atoms with van der Waals surface area (Å²) < 4.78 is 0. The molecule has 0 aliphatic carbocycles. The maximum atomic E-state index is 8.57. The van der Waals surface area contributed by atoms with Crippen LogP contribution in [-0.2, 0) is 0 Å². The summed E-state index contributed by atoms with van der Waals surface area (Å²) in [5.74, 6) is 0.892. The molecule has 0 rings (SSSR count). The normalized spacial score (nSPS) is 13.2. The topological polar surface area (TPSA) is 20.2 Å². The summed E-state index contributed by atoms with van der Waals surface area (Å²) in [5.41, 5.74) is 0. The standard InChI is InChI=1S/C11H24O/c1-3-4-8-11(2)9-6-5-7-10-12/h11-12H,3-10H2,1-2H3. The molecular formula is C11H24O. The van der Waals surface area contributed by atoms with E-state index >= 15 is 0 Å². The second-order valence-corrected chi connectivity index (χ2v) is 3.82. The Bertz CT molecular complexity index is 81.1. The molecule has 0 aliphatic heterocycles. The van der Waals surface area contributed by atoms with E-state index in [1.54, 1.807) is 0 Å². The molecule has 0 aromatic carbocycles. The van der Waals surface area contributed by atoms with Gasteiger partial charge in [0.05, 0.1) is 0 Å². The summed E-state index contributed by atoms with van der Waals surface area (Å²) in [6.07, 6.45) is 8.91. The number of aliphatic hydroxyl groups is 1. The van der Waals surface area contributed by atoms with Crippen LogP contribution in [0.15, 0.2) is 0 Å². The van der Waals surface area contributed by atoms with Crippen molar-refractivity contribution in [1.82, 2.24) is 0 Å². The summed E-state index contributed by atoms with van der Waals surface area (Å²) in [4.78, 5) is 0. The predicted molar refractivity (Wildman–Crippen MR) is 54.2 cm³/mol.